The standard InChI is InChI=1S/C11H10N4S/c1-7-10(16-11(12)13-7)8-6-15-5-3-2-4-9(15)14-8/h2-6H,1H3,(H2,12,13). The number of hydrogen-bond acceptors (Lipinski definition) is 4. The molecule has 3 rings (SSSR count). The van der Waals surface area contributed by atoms with Gasteiger partial charge >= 0.3 is 0 Å². The van der Waals surface area contributed by atoms with Gasteiger partial charge in [-0.2, -0.15) is 0 Å². The molecule has 0 atom stereocenters. The molecule has 0 aromatic carbocycles. The Hall–Kier alpha value is -1.88. The number of fused-ring (bicyclic) bond motifs is 1. The second kappa shape index (κ2) is 3.31. The fourth-order valence-electron chi connectivity index (χ4n) is 1.70. The van der Waals surface area contributed by atoms with E-state index in [2.05, 4.69) is 9.97 Å². The van der Waals surface area contributed by atoms with Gasteiger partial charge in [-0.25, -0.2) is 9.97 Å². The number of nitrogens with zero attached hydrogens (tertiary/aromatic N) is 3. The van der Waals surface area contributed by atoms with E-state index in [0.717, 1.165) is 21.9 Å². The van der Waals surface area contributed by atoms with Crippen molar-refractivity contribution in [1.29, 1.82) is 0 Å². The van der Waals surface area contributed by atoms with Crippen molar-refractivity contribution in [3.63, 3.8) is 0 Å². The second-order valence-corrected chi connectivity index (χ2v) is 4.59. The van der Waals surface area contributed by atoms with Crippen LogP contribution >= 0.6 is 11.3 Å². The predicted octanol–water partition coefficient (Wildman–Crippen LogP) is 2.35. The summed E-state index contributed by atoms with van der Waals surface area (Å²) < 4.78 is 1.99. The molecule has 3 heterocycles. The number of thiazole rings is 1. The number of aryl methyl sites for hydroxylation is 1. The molecule has 0 radical (unpaired) electrons. The molecule has 0 fully saturated rings. The number of imidazole rings is 1. The summed E-state index contributed by atoms with van der Waals surface area (Å²) in [6.45, 7) is 1.95. The molecule has 0 aliphatic carbocycles. The maximum atomic E-state index is 5.68. The zero-order valence-electron chi connectivity index (χ0n) is 8.71. The minimum atomic E-state index is 0.588. The first-order chi connectivity index (χ1) is 7.74. The van der Waals surface area contributed by atoms with Crippen LogP contribution in [0.2, 0.25) is 0 Å². The average Bonchev–Trinajstić information content (AvgIpc) is 2.81. The highest BCUT2D eigenvalue weighted by molar-refractivity contribution is 7.18. The Morgan fingerprint density at radius 1 is 1.31 bits per heavy atom. The molecule has 0 saturated heterocycles. The Bertz CT molecular complexity index is 620. The Balaban J connectivity index is 2.22. The van der Waals surface area contributed by atoms with E-state index in [9.17, 15) is 0 Å². The quantitative estimate of drug-likeness (QED) is 0.698. The van der Waals surface area contributed by atoms with Gasteiger partial charge in [0.1, 0.15) is 11.3 Å². The first-order valence-corrected chi connectivity index (χ1v) is 5.73. The highest BCUT2D eigenvalue weighted by Crippen LogP contribution is 2.30. The average molecular weight is 230 g/mol. The van der Waals surface area contributed by atoms with Gasteiger partial charge in [-0.1, -0.05) is 17.4 Å². The Labute approximate surface area is 96.4 Å². The van der Waals surface area contributed by atoms with Gasteiger partial charge in [0.25, 0.3) is 0 Å². The lowest BCUT2D eigenvalue weighted by Crippen LogP contribution is -1.81. The van der Waals surface area contributed by atoms with Gasteiger partial charge in [0.2, 0.25) is 0 Å². The fraction of sp³-hybridized carbons (Fsp3) is 0.0909. The van der Waals surface area contributed by atoms with E-state index in [1.165, 1.54) is 11.3 Å². The third kappa shape index (κ3) is 1.37. The fourth-order valence-corrected chi connectivity index (χ4v) is 2.49. The third-order valence-electron chi connectivity index (χ3n) is 2.41. The first kappa shape index (κ1) is 9.35. The molecule has 5 heteroatoms. The van der Waals surface area contributed by atoms with Gasteiger partial charge in [0, 0.05) is 12.4 Å². The van der Waals surface area contributed by atoms with Crippen molar-refractivity contribution in [1.82, 2.24) is 14.4 Å². The predicted molar refractivity (Wildman–Crippen MR) is 65.4 cm³/mol. The molecule has 0 saturated carbocycles. The Morgan fingerprint density at radius 2 is 2.19 bits per heavy atom. The lowest BCUT2D eigenvalue weighted by molar-refractivity contribution is 1.19. The van der Waals surface area contributed by atoms with E-state index in [1.807, 2.05) is 41.9 Å². The van der Waals surface area contributed by atoms with Gasteiger partial charge in [0.15, 0.2) is 5.13 Å². The number of nitrogens with two attached hydrogens (primary N) is 1. The first-order valence-electron chi connectivity index (χ1n) is 4.91. The minimum Gasteiger partial charge on any atom is -0.375 e. The normalized spacial score (nSPS) is 11.1. The second-order valence-electron chi connectivity index (χ2n) is 3.56. The molecule has 16 heavy (non-hydrogen) atoms. The van der Waals surface area contributed by atoms with Crippen LogP contribution in [0.4, 0.5) is 5.13 Å². The highest BCUT2D eigenvalue weighted by Gasteiger charge is 2.11. The number of aromatic nitrogens is 3. The summed E-state index contributed by atoms with van der Waals surface area (Å²) in [6.07, 6.45) is 3.97. The van der Waals surface area contributed by atoms with E-state index >= 15 is 0 Å². The summed E-state index contributed by atoms with van der Waals surface area (Å²) >= 11 is 1.47. The zero-order valence-corrected chi connectivity index (χ0v) is 9.53. The molecular weight excluding hydrogens is 220 g/mol. The lowest BCUT2D eigenvalue weighted by atomic mass is 10.3. The topological polar surface area (TPSA) is 56.2 Å². The molecule has 0 amide bonds. The van der Waals surface area contributed by atoms with Crippen molar-refractivity contribution in [3.8, 4) is 10.6 Å². The zero-order chi connectivity index (χ0) is 11.1. The van der Waals surface area contributed by atoms with Gasteiger partial charge in [-0.15, -0.1) is 0 Å². The lowest BCUT2D eigenvalue weighted by Gasteiger charge is -1.88. The summed E-state index contributed by atoms with van der Waals surface area (Å²) in [5, 5.41) is 0.588. The maximum Gasteiger partial charge on any atom is 0.180 e. The van der Waals surface area contributed by atoms with Crippen LogP contribution in [-0.4, -0.2) is 14.4 Å². The van der Waals surface area contributed by atoms with Crippen molar-refractivity contribution in [2.45, 2.75) is 6.92 Å². The summed E-state index contributed by atoms with van der Waals surface area (Å²) in [5.41, 5.74) is 8.48. The molecule has 0 bridgehead atoms. The highest BCUT2D eigenvalue weighted by atomic mass is 32.1. The molecule has 0 spiro atoms. The van der Waals surface area contributed by atoms with Crippen molar-refractivity contribution in [2.75, 3.05) is 5.73 Å². The van der Waals surface area contributed by atoms with E-state index in [1.54, 1.807) is 0 Å². The number of anilines is 1. The van der Waals surface area contributed by atoms with E-state index in [0.29, 0.717) is 5.13 Å². The van der Waals surface area contributed by atoms with Crippen LogP contribution in [0.15, 0.2) is 30.6 Å². The SMILES string of the molecule is Cc1nc(N)sc1-c1cn2ccccc2n1. The van der Waals surface area contributed by atoms with E-state index < -0.39 is 0 Å². The summed E-state index contributed by atoms with van der Waals surface area (Å²) in [7, 11) is 0. The molecule has 0 aliphatic rings. The van der Waals surface area contributed by atoms with Crippen LogP contribution in [0.25, 0.3) is 16.2 Å². The van der Waals surface area contributed by atoms with Gasteiger partial charge < -0.3 is 10.1 Å². The molecule has 4 nitrogen and oxygen atoms in total. The number of rotatable bonds is 1. The van der Waals surface area contributed by atoms with Crippen LogP contribution in [0.5, 0.6) is 0 Å². The van der Waals surface area contributed by atoms with E-state index in [4.69, 9.17) is 5.73 Å². The monoisotopic (exact) mass is 230 g/mol. The number of hydrogen-bond donors (Lipinski definition) is 1. The van der Waals surface area contributed by atoms with Gasteiger partial charge in [-0.3, -0.25) is 0 Å². The smallest absolute Gasteiger partial charge is 0.180 e. The molecule has 0 unspecified atom stereocenters. The molecule has 0 aliphatic heterocycles. The number of pyridine rings is 1. The third-order valence-corrected chi connectivity index (χ3v) is 3.42. The Morgan fingerprint density at radius 3 is 2.88 bits per heavy atom. The van der Waals surface area contributed by atoms with Crippen LogP contribution in [0, 0.1) is 6.92 Å². The van der Waals surface area contributed by atoms with Gasteiger partial charge in [-0.05, 0) is 19.1 Å². The van der Waals surface area contributed by atoms with Crippen LogP contribution in [-0.2, 0) is 0 Å². The summed E-state index contributed by atoms with van der Waals surface area (Å²) in [4.78, 5) is 9.78. The minimum absolute atomic E-state index is 0.588. The maximum absolute atomic E-state index is 5.68. The van der Waals surface area contributed by atoms with Crippen LogP contribution < -0.4 is 5.73 Å². The van der Waals surface area contributed by atoms with Gasteiger partial charge in [0.05, 0.1) is 10.6 Å². The molecule has 3 aromatic rings. The molecule has 2 N–H and O–H groups in total. The van der Waals surface area contributed by atoms with Crippen molar-refractivity contribution >= 4 is 22.1 Å². The summed E-state index contributed by atoms with van der Waals surface area (Å²) in [5.74, 6) is 0. The van der Waals surface area contributed by atoms with Crippen LogP contribution in [0.3, 0.4) is 0 Å². The summed E-state index contributed by atoms with van der Waals surface area (Å²) in [6, 6.07) is 5.93. The number of nitrogen functional groups attached to an aromatic ring is 1. The van der Waals surface area contributed by atoms with E-state index in [-0.39, 0.29) is 0 Å². The Kier molecular flexibility index (Phi) is 1.94. The largest absolute Gasteiger partial charge is 0.375 e. The van der Waals surface area contributed by atoms with Crippen molar-refractivity contribution in [2.24, 2.45) is 0 Å². The molecule has 80 valence electrons. The van der Waals surface area contributed by atoms with Crippen molar-refractivity contribution < 1.29 is 0 Å². The van der Waals surface area contributed by atoms with Crippen molar-refractivity contribution in [3.05, 3.63) is 36.3 Å². The van der Waals surface area contributed by atoms with Crippen LogP contribution in [0.1, 0.15) is 5.69 Å². The molecule has 3 aromatic heterocycles. The molecular formula is C11H10N4S.